The maximum atomic E-state index is 12.9. The van der Waals surface area contributed by atoms with E-state index in [1.54, 1.807) is 25.1 Å². The summed E-state index contributed by atoms with van der Waals surface area (Å²) in [6, 6.07) is 11.7. The molecule has 0 saturated carbocycles. The van der Waals surface area contributed by atoms with Gasteiger partial charge in [0, 0.05) is 18.8 Å². The molecule has 0 bridgehead atoms. The van der Waals surface area contributed by atoms with Crippen LogP contribution in [0.15, 0.2) is 47.4 Å². The van der Waals surface area contributed by atoms with Gasteiger partial charge in [-0.1, -0.05) is 30.2 Å². The smallest absolute Gasteiger partial charge is 0.338 e. The Morgan fingerprint density at radius 1 is 1.00 bits per heavy atom. The van der Waals surface area contributed by atoms with Crippen molar-refractivity contribution >= 4 is 27.6 Å². The van der Waals surface area contributed by atoms with Gasteiger partial charge in [0.2, 0.25) is 10.0 Å². The van der Waals surface area contributed by atoms with Crippen molar-refractivity contribution in [1.29, 1.82) is 0 Å². The molecule has 2 aromatic rings. The SMILES string of the molecule is Cc1ccc(NC(=O)COC(=O)c2cc(S(=O)(=O)N3CCCCC3)ccc2C)cc1. The van der Waals surface area contributed by atoms with E-state index in [0.29, 0.717) is 24.3 Å². The highest BCUT2D eigenvalue weighted by molar-refractivity contribution is 7.89. The summed E-state index contributed by atoms with van der Waals surface area (Å²) in [7, 11) is -3.66. The summed E-state index contributed by atoms with van der Waals surface area (Å²) >= 11 is 0. The number of aryl methyl sites for hydroxylation is 2. The Balaban J connectivity index is 1.67. The maximum absolute atomic E-state index is 12.9. The number of hydrogen-bond donors (Lipinski definition) is 1. The third-order valence-corrected chi connectivity index (χ3v) is 6.95. The van der Waals surface area contributed by atoms with Gasteiger partial charge in [0.05, 0.1) is 10.5 Å². The number of hydrogen-bond acceptors (Lipinski definition) is 5. The van der Waals surface area contributed by atoms with E-state index in [0.717, 1.165) is 24.8 Å². The Kier molecular flexibility index (Phi) is 6.89. The molecule has 1 fully saturated rings. The molecule has 1 N–H and O–H groups in total. The molecule has 0 atom stereocenters. The number of ether oxygens (including phenoxy) is 1. The zero-order valence-electron chi connectivity index (χ0n) is 17.2. The van der Waals surface area contributed by atoms with E-state index in [2.05, 4.69) is 5.32 Å². The molecule has 160 valence electrons. The molecule has 1 heterocycles. The average molecular weight is 431 g/mol. The minimum Gasteiger partial charge on any atom is -0.452 e. The van der Waals surface area contributed by atoms with E-state index in [4.69, 9.17) is 4.74 Å². The lowest BCUT2D eigenvalue weighted by atomic mass is 10.1. The second-order valence-corrected chi connectivity index (χ2v) is 9.37. The van der Waals surface area contributed by atoms with Gasteiger partial charge < -0.3 is 10.1 Å². The van der Waals surface area contributed by atoms with Gasteiger partial charge in [-0.25, -0.2) is 13.2 Å². The van der Waals surface area contributed by atoms with Crippen molar-refractivity contribution in [3.63, 3.8) is 0 Å². The van der Waals surface area contributed by atoms with Crippen LogP contribution >= 0.6 is 0 Å². The van der Waals surface area contributed by atoms with E-state index in [1.807, 2.05) is 19.1 Å². The fourth-order valence-corrected chi connectivity index (χ4v) is 4.82. The number of benzene rings is 2. The molecule has 0 spiro atoms. The van der Waals surface area contributed by atoms with Crippen LogP contribution < -0.4 is 5.32 Å². The number of esters is 1. The molecule has 1 aliphatic heterocycles. The normalized spacial score (nSPS) is 14.9. The van der Waals surface area contributed by atoms with Gasteiger partial charge in [-0.05, 0) is 56.5 Å². The molecule has 0 aromatic heterocycles. The number of nitrogens with zero attached hydrogens (tertiary/aromatic N) is 1. The van der Waals surface area contributed by atoms with Gasteiger partial charge in [-0.3, -0.25) is 4.79 Å². The third kappa shape index (κ3) is 5.25. The molecule has 0 aliphatic carbocycles. The van der Waals surface area contributed by atoms with Crippen molar-refractivity contribution < 1.29 is 22.7 Å². The summed E-state index contributed by atoms with van der Waals surface area (Å²) in [4.78, 5) is 24.6. The van der Waals surface area contributed by atoms with Crippen LogP contribution in [0.4, 0.5) is 5.69 Å². The molecule has 1 saturated heterocycles. The van der Waals surface area contributed by atoms with Gasteiger partial charge in [0.25, 0.3) is 5.91 Å². The van der Waals surface area contributed by atoms with Crippen LogP contribution in [0.3, 0.4) is 0 Å². The Hall–Kier alpha value is -2.71. The van der Waals surface area contributed by atoms with Crippen molar-refractivity contribution in [2.45, 2.75) is 38.0 Å². The molecule has 0 radical (unpaired) electrons. The Labute approximate surface area is 177 Å². The third-order valence-electron chi connectivity index (χ3n) is 5.05. The number of carbonyl (C=O) groups is 2. The van der Waals surface area contributed by atoms with E-state index < -0.39 is 28.5 Å². The first-order chi connectivity index (χ1) is 14.3. The highest BCUT2D eigenvalue weighted by Gasteiger charge is 2.27. The van der Waals surface area contributed by atoms with Crippen LogP contribution in [0.25, 0.3) is 0 Å². The second kappa shape index (κ2) is 9.40. The van der Waals surface area contributed by atoms with E-state index in [-0.39, 0.29) is 10.5 Å². The number of carbonyl (C=O) groups excluding carboxylic acids is 2. The average Bonchev–Trinajstić information content (AvgIpc) is 2.74. The highest BCUT2D eigenvalue weighted by atomic mass is 32.2. The predicted molar refractivity (Wildman–Crippen MR) is 114 cm³/mol. The first-order valence-corrected chi connectivity index (χ1v) is 11.4. The standard InChI is InChI=1S/C22H26N2O5S/c1-16-6-9-18(10-7-16)23-21(25)15-29-22(26)20-14-19(11-8-17(20)2)30(27,28)24-12-4-3-5-13-24/h6-11,14H,3-5,12-13,15H2,1-2H3,(H,23,25). The summed E-state index contributed by atoms with van der Waals surface area (Å²) in [6.07, 6.45) is 2.67. The summed E-state index contributed by atoms with van der Waals surface area (Å²) in [5.41, 5.74) is 2.38. The fraction of sp³-hybridized carbons (Fsp3) is 0.364. The van der Waals surface area contributed by atoms with Crippen LogP contribution in [0.2, 0.25) is 0 Å². The molecule has 1 amide bonds. The molecular weight excluding hydrogens is 404 g/mol. The fourth-order valence-electron chi connectivity index (χ4n) is 3.28. The monoisotopic (exact) mass is 430 g/mol. The Morgan fingerprint density at radius 3 is 2.33 bits per heavy atom. The lowest BCUT2D eigenvalue weighted by Crippen LogP contribution is -2.35. The molecule has 3 rings (SSSR count). The first kappa shape index (κ1) is 22.0. The predicted octanol–water partition coefficient (Wildman–Crippen LogP) is 3.27. The molecule has 30 heavy (non-hydrogen) atoms. The summed E-state index contributed by atoms with van der Waals surface area (Å²) in [5, 5.41) is 2.65. The Morgan fingerprint density at radius 2 is 1.67 bits per heavy atom. The van der Waals surface area contributed by atoms with Crippen molar-refractivity contribution in [3.05, 3.63) is 59.2 Å². The Bertz CT molecular complexity index is 1030. The molecule has 1 aliphatic rings. The number of amides is 1. The molecule has 7 nitrogen and oxygen atoms in total. The number of rotatable bonds is 6. The molecule has 8 heteroatoms. The second-order valence-electron chi connectivity index (χ2n) is 7.43. The van der Waals surface area contributed by atoms with Gasteiger partial charge in [-0.2, -0.15) is 4.31 Å². The van der Waals surface area contributed by atoms with Crippen LogP contribution in [-0.2, 0) is 19.6 Å². The maximum Gasteiger partial charge on any atom is 0.338 e. The van der Waals surface area contributed by atoms with Gasteiger partial charge in [0.15, 0.2) is 6.61 Å². The number of piperidine rings is 1. The zero-order chi connectivity index (χ0) is 21.7. The molecule has 0 unspecified atom stereocenters. The van der Waals surface area contributed by atoms with Crippen molar-refractivity contribution in [2.75, 3.05) is 25.0 Å². The van der Waals surface area contributed by atoms with Crippen molar-refractivity contribution in [2.24, 2.45) is 0 Å². The quantitative estimate of drug-likeness (QED) is 0.710. The number of anilines is 1. The van der Waals surface area contributed by atoms with E-state index in [1.165, 1.54) is 16.4 Å². The van der Waals surface area contributed by atoms with E-state index in [9.17, 15) is 18.0 Å². The van der Waals surface area contributed by atoms with Gasteiger partial charge in [-0.15, -0.1) is 0 Å². The molecule has 2 aromatic carbocycles. The van der Waals surface area contributed by atoms with Crippen LogP contribution in [0, 0.1) is 13.8 Å². The zero-order valence-corrected chi connectivity index (χ0v) is 18.0. The van der Waals surface area contributed by atoms with Gasteiger partial charge >= 0.3 is 5.97 Å². The summed E-state index contributed by atoms with van der Waals surface area (Å²) in [5.74, 6) is -1.20. The van der Waals surface area contributed by atoms with Crippen molar-refractivity contribution in [1.82, 2.24) is 4.31 Å². The van der Waals surface area contributed by atoms with Gasteiger partial charge in [0.1, 0.15) is 0 Å². The lowest BCUT2D eigenvalue weighted by Gasteiger charge is -2.26. The largest absolute Gasteiger partial charge is 0.452 e. The summed E-state index contributed by atoms with van der Waals surface area (Å²) in [6.45, 7) is 4.13. The number of nitrogens with one attached hydrogen (secondary N) is 1. The van der Waals surface area contributed by atoms with E-state index >= 15 is 0 Å². The minimum atomic E-state index is -3.66. The van der Waals surface area contributed by atoms with Crippen molar-refractivity contribution in [3.8, 4) is 0 Å². The van der Waals surface area contributed by atoms with Crippen LogP contribution in [0.5, 0.6) is 0 Å². The first-order valence-electron chi connectivity index (χ1n) is 9.92. The summed E-state index contributed by atoms with van der Waals surface area (Å²) < 4.78 is 32.3. The molecular formula is C22H26N2O5S. The van der Waals surface area contributed by atoms with Crippen LogP contribution in [-0.4, -0.2) is 44.3 Å². The minimum absolute atomic E-state index is 0.0612. The number of sulfonamides is 1. The lowest BCUT2D eigenvalue weighted by molar-refractivity contribution is -0.119. The topological polar surface area (TPSA) is 92.8 Å². The highest BCUT2D eigenvalue weighted by Crippen LogP contribution is 2.23. The van der Waals surface area contributed by atoms with Crippen LogP contribution in [0.1, 0.15) is 40.7 Å².